The van der Waals surface area contributed by atoms with Crippen LogP contribution in [0.2, 0.25) is 0 Å². The minimum Gasteiger partial charge on any atom is -0.474 e. The van der Waals surface area contributed by atoms with E-state index in [-0.39, 0.29) is 7.05 Å². The first kappa shape index (κ1) is 7.65. The van der Waals surface area contributed by atoms with Gasteiger partial charge in [0.25, 0.3) is 0 Å². The van der Waals surface area contributed by atoms with Gasteiger partial charge in [0.2, 0.25) is 0 Å². The van der Waals surface area contributed by atoms with E-state index in [1.807, 2.05) is 12.1 Å². The molecule has 0 bridgehead atoms. The second kappa shape index (κ2) is 2.89. The van der Waals surface area contributed by atoms with Crippen molar-refractivity contribution in [2.75, 3.05) is 0 Å². The summed E-state index contributed by atoms with van der Waals surface area (Å²) < 4.78 is 11.1. The van der Waals surface area contributed by atoms with Gasteiger partial charge in [0.1, 0.15) is 5.66 Å². The molecule has 3 rings (SSSR count). The molecule has 0 radical (unpaired) electrons. The van der Waals surface area contributed by atoms with Gasteiger partial charge in [-0.3, -0.25) is 0 Å². The molecule has 4 heteroatoms. The molecule has 3 nitrogen and oxygen atoms in total. The predicted octanol–water partition coefficient (Wildman–Crippen LogP) is 0.516. The lowest BCUT2D eigenvalue weighted by molar-refractivity contribution is 0.231. The summed E-state index contributed by atoms with van der Waals surface area (Å²) in [6, 6.07) is 4.41. The topological polar surface area (TPSA) is 34.4 Å². The molecule has 2 aliphatic rings. The first-order valence-corrected chi connectivity index (χ1v) is 4.88. The van der Waals surface area contributed by atoms with Crippen molar-refractivity contribution in [3.05, 3.63) is 18.4 Å². The average molecular weight is 177 g/mol. The van der Waals surface area contributed by atoms with Crippen molar-refractivity contribution in [3.63, 3.8) is 0 Å². The van der Waals surface area contributed by atoms with Gasteiger partial charge < -0.3 is 14.3 Å². The number of rotatable bonds is 1. The van der Waals surface area contributed by atoms with Crippen molar-refractivity contribution in [2.24, 2.45) is 0 Å². The maximum atomic E-state index is 5.82. The Morgan fingerprint density at radius 2 is 2.46 bits per heavy atom. The molecule has 1 aromatic rings. The lowest BCUT2D eigenvalue weighted by Gasteiger charge is -2.05. The molecule has 68 valence electrons. The second-order valence-corrected chi connectivity index (χ2v) is 3.77. The number of fused-ring (bicyclic) bond motifs is 1. The Morgan fingerprint density at radius 3 is 3.23 bits per heavy atom. The Kier molecular flexibility index (Phi) is 1.70. The highest BCUT2D eigenvalue weighted by Crippen LogP contribution is 2.26. The first-order valence-electron chi connectivity index (χ1n) is 4.88. The van der Waals surface area contributed by atoms with Crippen LogP contribution in [0.4, 0.5) is 0 Å². The van der Waals surface area contributed by atoms with Gasteiger partial charge in [-0.1, -0.05) is 0 Å². The zero-order chi connectivity index (χ0) is 8.67. The normalized spacial score (nSPS) is 32.5. The van der Waals surface area contributed by atoms with E-state index >= 15 is 0 Å². The van der Waals surface area contributed by atoms with E-state index in [0.29, 0.717) is 12.1 Å². The summed E-state index contributed by atoms with van der Waals surface area (Å²) in [7, 11) is -0.00898. The number of furan rings is 1. The summed E-state index contributed by atoms with van der Waals surface area (Å²) in [5, 5.41) is 3.44. The maximum Gasteiger partial charge on any atom is 0.454 e. The van der Waals surface area contributed by atoms with Gasteiger partial charge in [-0.25, -0.2) is 0 Å². The molecule has 1 aromatic heterocycles. The van der Waals surface area contributed by atoms with Crippen LogP contribution in [0.5, 0.6) is 0 Å². The van der Waals surface area contributed by atoms with Crippen LogP contribution >= 0.6 is 0 Å². The maximum absolute atomic E-state index is 5.82. The first-order chi connectivity index (χ1) is 6.43. The van der Waals surface area contributed by atoms with E-state index in [1.54, 1.807) is 6.26 Å². The van der Waals surface area contributed by atoms with Crippen LogP contribution in [0.25, 0.3) is 0 Å². The van der Waals surface area contributed by atoms with Crippen LogP contribution in [0.3, 0.4) is 0 Å². The second-order valence-electron chi connectivity index (χ2n) is 3.77. The third-order valence-electron chi connectivity index (χ3n) is 2.93. The third-order valence-corrected chi connectivity index (χ3v) is 2.93. The molecule has 13 heavy (non-hydrogen) atoms. The summed E-state index contributed by atoms with van der Waals surface area (Å²) in [6.45, 7) is 0. The third kappa shape index (κ3) is 1.21. The predicted molar refractivity (Wildman–Crippen MR) is 49.7 cm³/mol. The highest BCUT2D eigenvalue weighted by molar-refractivity contribution is 6.64. The van der Waals surface area contributed by atoms with Gasteiger partial charge in [-0.15, -0.1) is 0 Å². The summed E-state index contributed by atoms with van der Waals surface area (Å²) in [6.07, 6.45) is 5.81. The van der Waals surface area contributed by atoms with Gasteiger partial charge in [0.05, 0.1) is 12.4 Å². The van der Waals surface area contributed by atoms with E-state index < -0.39 is 0 Å². The summed E-state index contributed by atoms with van der Waals surface area (Å²) >= 11 is 0. The highest BCUT2D eigenvalue weighted by Gasteiger charge is 2.42. The standard InChI is InChI=1S/C9H12BNO2/c1-3-7-8(4-1)13-10(11-7)9-5-2-6-12-9/h2,5-8,11H,1,3-4H2/t7-,8+/m0/s1. The Balaban J connectivity index is 1.76. The van der Waals surface area contributed by atoms with Crippen LogP contribution < -0.4 is 10.9 Å². The molecular weight excluding hydrogens is 165 g/mol. The zero-order valence-electron chi connectivity index (χ0n) is 7.40. The van der Waals surface area contributed by atoms with Crippen molar-refractivity contribution in [1.29, 1.82) is 0 Å². The van der Waals surface area contributed by atoms with Crippen LogP contribution in [0.1, 0.15) is 19.3 Å². The lowest BCUT2D eigenvalue weighted by atomic mass is 9.80. The van der Waals surface area contributed by atoms with Gasteiger partial charge in [-0.2, -0.15) is 0 Å². The van der Waals surface area contributed by atoms with Crippen molar-refractivity contribution >= 4 is 12.7 Å². The molecule has 2 atom stereocenters. The Hall–Kier alpha value is -0.735. The number of hydrogen-bond acceptors (Lipinski definition) is 3. The zero-order valence-corrected chi connectivity index (χ0v) is 7.40. The average Bonchev–Trinajstić information content (AvgIpc) is 2.78. The van der Waals surface area contributed by atoms with Crippen LogP contribution in [0.15, 0.2) is 22.8 Å². The van der Waals surface area contributed by atoms with Crippen LogP contribution in [-0.4, -0.2) is 19.2 Å². The molecule has 0 unspecified atom stereocenters. The van der Waals surface area contributed by atoms with Crippen molar-refractivity contribution in [2.45, 2.75) is 31.4 Å². The summed E-state index contributed by atoms with van der Waals surface area (Å²) in [5.74, 6) is 0. The van der Waals surface area contributed by atoms with E-state index in [4.69, 9.17) is 9.07 Å². The molecule has 1 saturated heterocycles. The monoisotopic (exact) mass is 177 g/mol. The fraction of sp³-hybridized carbons (Fsp3) is 0.556. The fourth-order valence-corrected chi connectivity index (χ4v) is 2.28. The molecule has 1 N–H and O–H groups in total. The van der Waals surface area contributed by atoms with Gasteiger partial charge in [0.15, 0.2) is 0 Å². The molecular formula is C9H12BNO2. The molecule has 1 saturated carbocycles. The van der Waals surface area contributed by atoms with Crippen LogP contribution in [0, 0.1) is 0 Å². The molecule has 1 aliphatic carbocycles. The molecule has 1 aliphatic heterocycles. The molecule has 2 fully saturated rings. The van der Waals surface area contributed by atoms with Crippen molar-refractivity contribution in [1.82, 2.24) is 5.23 Å². The largest absolute Gasteiger partial charge is 0.474 e. The Morgan fingerprint density at radius 1 is 1.46 bits per heavy atom. The minimum absolute atomic E-state index is 0.00898. The molecule has 0 aromatic carbocycles. The lowest BCUT2D eigenvalue weighted by Crippen LogP contribution is -2.43. The van der Waals surface area contributed by atoms with E-state index in [0.717, 1.165) is 5.66 Å². The van der Waals surface area contributed by atoms with E-state index in [9.17, 15) is 0 Å². The van der Waals surface area contributed by atoms with Crippen molar-refractivity contribution < 1.29 is 9.07 Å². The smallest absolute Gasteiger partial charge is 0.454 e. The molecule has 0 amide bonds. The minimum atomic E-state index is -0.00898. The summed E-state index contributed by atoms with van der Waals surface area (Å²) in [5.41, 5.74) is 0.898. The van der Waals surface area contributed by atoms with Gasteiger partial charge >= 0.3 is 7.05 Å². The Labute approximate surface area is 77.6 Å². The van der Waals surface area contributed by atoms with Gasteiger partial charge in [0, 0.05) is 6.04 Å². The Bertz CT molecular complexity index is 276. The van der Waals surface area contributed by atoms with Crippen LogP contribution in [-0.2, 0) is 4.65 Å². The molecule has 2 heterocycles. The fourth-order valence-electron chi connectivity index (χ4n) is 2.28. The quantitative estimate of drug-likeness (QED) is 0.634. The molecule has 0 spiro atoms. The van der Waals surface area contributed by atoms with E-state index in [2.05, 4.69) is 5.23 Å². The SMILES string of the molecule is c1coc(B2N[C@H]3CCC[C@H]3O2)c1. The number of hydrogen-bond donors (Lipinski definition) is 1. The summed E-state index contributed by atoms with van der Waals surface area (Å²) in [4.78, 5) is 0. The van der Waals surface area contributed by atoms with Crippen molar-refractivity contribution in [3.8, 4) is 0 Å². The van der Waals surface area contributed by atoms with Gasteiger partial charge in [-0.05, 0) is 31.4 Å². The van der Waals surface area contributed by atoms with E-state index in [1.165, 1.54) is 19.3 Å². The number of nitrogens with one attached hydrogen (secondary N) is 1. The highest BCUT2D eigenvalue weighted by atomic mass is 16.5.